The summed E-state index contributed by atoms with van der Waals surface area (Å²) in [5.41, 5.74) is 2.80. The number of anilines is 1. The van der Waals surface area contributed by atoms with Gasteiger partial charge in [-0.3, -0.25) is 4.79 Å². The van der Waals surface area contributed by atoms with E-state index >= 15 is 0 Å². The summed E-state index contributed by atoms with van der Waals surface area (Å²) in [5, 5.41) is 3.32. The van der Waals surface area contributed by atoms with Crippen LogP contribution in [0.3, 0.4) is 0 Å². The monoisotopic (exact) mass is 333 g/mol. The number of carbonyl (C=O) groups excluding carboxylic acids is 1. The smallest absolute Gasteiger partial charge is 0.227 e. The zero-order valence-corrected chi connectivity index (χ0v) is 14.2. The van der Waals surface area contributed by atoms with E-state index in [2.05, 4.69) is 5.32 Å². The van der Waals surface area contributed by atoms with Gasteiger partial charge in [0.1, 0.15) is 11.5 Å². The maximum Gasteiger partial charge on any atom is 0.227 e. The van der Waals surface area contributed by atoms with Crippen LogP contribution in [0, 0.1) is 13.8 Å². The van der Waals surface area contributed by atoms with Gasteiger partial charge in [-0.1, -0.05) is 23.7 Å². The van der Waals surface area contributed by atoms with E-state index in [4.69, 9.17) is 21.1 Å². The standard InChI is InChI=1S/C18H20ClNO3/c1-12-5-4-6-16(13(12)2)23-10-9-18(21)20-15-11-14(19)7-8-17(15)22-3/h4-8,11H,9-10H2,1-3H3,(H,20,21). The Morgan fingerprint density at radius 2 is 1.96 bits per heavy atom. The number of benzene rings is 2. The minimum absolute atomic E-state index is 0.157. The van der Waals surface area contributed by atoms with Crippen molar-refractivity contribution in [3.05, 3.63) is 52.5 Å². The topological polar surface area (TPSA) is 47.6 Å². The second-order valence-electron chi connectivity index (χ2n) is 5.19. The number of halogens is 1. The van der Waals surface area contributed by atoms with Crippen LogP contribution in [0.25, 0.3) is 0 Å². The Hall–Kier alpha value is -2.20. The molecule has 5 heteroatoms. The van der Waals surface area contributed by atoms with Crippen molar-refractivity contribution >= 4 is 23.2 Å². The zero-order valence-electron chi connectivity index (χ0n) is 13.5. The van der Waals surface area contributed by atoms with Crippen LogP contribution < -0.4 is 14.8 Å². The third-order valence-corrected chi connectivity index (χ3v) is 3.81. The molecule has 0 saturated heterocycles. The molecular weight excluding hydrogens is 314 g/mol. The third kappa shape index (κ3) is 4.63. The molecule has 4 nitrogen and oxygen atoms in total. The minimum Gasteiger partial charge on any atom is -0.495 e. The highest BCUT2D eigenvalue weighted by molar-refractivity contribution is 6.31. The normalized spacial score (nSPS) is 10.3. The summed E-state index contributed by atoms with van der Waals surface area (Å²) in [7, 11) is 1.54. The van der Waals surface area contributed by atoms with Crippen LogP contribution in [-0.4, -0.2) is 19.6 Å². The van der Waals surface area contributed by atoms with Gasteiger partial charge in [-0.25, -0.2) is 0 Å². The second-order valence-corrected chi connectivity index (χ2v) is 5.63. The quantitative estimate of drug-likeness (QED) is 0.853. The van der Waals surface area contributed by atoms with E-state index < -0.39 is 0 Å². The van der Waals surface area contributed by atoms with Gasteiger partial charge >= 0.3 is 0 Å². The molecule has 2 aromatic rings. The number of methoxy groups -OCH3 is 1. The Labute approximate surface area is 141 Å². The van der Waals surface area contributed by atoms with Gasteiger partial charge in [0.15, 0.2) is 0 Å². The van der Waals surface area contributed by atoms with Gasteiger partial charge in [0.05, 0.1) is 25.8 Å². The Morgan fingerprint density at radius 1 is 1.17 bits per heavy atom. The molecule has 1 amide bonds. The fraction of sp³-hybridized carbons (Fsp3) is 0.278. The summed E-state index contributed by atoms with van der Waals surface area (Å²) in [6.45, 7) is 4.33. The number of hydrogen-bond donors (Lipinski definition) is 1. The van der Waals surface area contributed by atoms with Crippen molar-refractivity contribution in [1.82, 2.24) is 0 Å². The Bertz CT molecular complexity index is 701. The summed E-state index contributed by atoms with van der Waals surface area (Å²) in [6.07, 6.45) is 0.239. The minimum atomic E-state index is -0.157. The maximum atomic E-state index is 12.0. The average Bonchev–Trinajstić information content (AvgIpc) is 2.52. The lowest BCUT2D eigenvalue weighted by Crippen LogP contribution is -2.16. The van der Waals surface area contributed by atoms with Crippen LogP contribution in [0.4, 0.5) is 5.69 Å². The number of hydrogen-bond acceptors (Lipinski definition) is 3. The average molecular weight is 334 g/mol. The number of carbonyl (C=O) groups is 1. The number of rotatable bonds is 6. The molecule has 0 atom stereocenters. The first kappa shape index (κ1) is 17.2. The molecule has 1 N–H and O–H groups in total. The molecule has 122 valence electrons. The lowest BCUT2D eigenvalue weighted by atomic mass is 10.1. The molecular formula is C18H20ClNO3. The molecule has 2 aromatic carbocycles. The van der Waals surface area contributed by atoms with Crippen LogP contribution >= 0.6 is 11.6 Å². The molecule has 0 fully saturated rings. The maximum absolute atomic E-state index is 12.0. The number of ether oxygens (including phenoxy) is 2. The van der Waals surface area contributed by atoms with Gasteiger partial charge in [0, 0.05) is 5.02 Å². The first-order valence-electron chi connectivity index (χ1n) is 7.33. The second kappa shape index (κ2) is 7.88. The SMILES string of the molecule is COc1ccc(Cl)cc1NC(=O)CCOc1cccc(C)c1C. The van der Waals surface area contributed by atoms with Crippen LogP contribution in [0.5, 0.6) is 11.5 Å². The van der Waals surface area contributed by atoms with E-state index in [1.807, 2.05) is 32.0 Å². The molecule has 0 heterocycles. The fourth-order valence-electron chi connectivity index (χ4n) is 2.12. The molecule has 0 radical (unpaired) electrons. The van der Waals surface area contributed by atoms with Gasteiger partial charge in [-0.05, 0) is 49.2 Å². The summed E-state index contributed by atoms with van der Waals surface area (Å²) in [6, 6.07) is 10.9. The molecule has 0 spiro atoms. The lowest BCUT2D eigenvalue weighted by Gasteiger charge is -2.12. The van der Waals surface area contributed by atoms with Crippen LogP contribution in [0.15, 0.2) is 36.4 Å². The highest BCUT2D eigenvalue weighted by atomic mass is 35.5. The molecule has 0 bridgehead atoms. The summed E-state index contributed by atoms with van der Waals surface area (Å²) >= 11 is 5.94. The largest absolute Gasteiger partial charge is 0.495 e. The van der Waals surface area contributed by atoms with Gasteiger partial charge in [-0.15, -0.1) is 0 Å². The molecule has 0 unspecified atom stereocenters. The van der Waals surface area contributed by atoms with Crippen LogP contribution in [0.2, 0.25) is 5.02 Å². The molecule has 0 aromatic heterocycles. The first-order valence-corrected chi connectivity index (χ1v) is 7.71. The molecule has 0 aliphatic carbocycles. The van der Waals surface area contributed by atoms with E-state index in [-0.39, 0.29) is 12.3 Å². The third-order valence-electron chi connectivity index (χ3n) is 3.58. The molecule has 0 aliphatic heterocycles. The van der Waals surface area contributed by atoms with E-state index in [0.29, 0.717) is 23.1 Å². The Kier molecular flexibility index (Phi) is 5.88. The summed E-state index contributed by atoms with van der Waals surface area (Å²) in [4.78, 5) is 12.0. The highest BCUT2D eigenvalue weighted by Crippen LogP contribution is 2.27. The summed E-state index contributed by atoms with van der Waals surface area (Å²) < 4.78 is 10.9. The van der Waals surface area contributed by atoms with Gasteiger partial charge in [-0.2, -0.15) is 0 Å². The van der Waals surface area contributed by atoms with E-state index in [0.717, 1.165) is 16.9 Å². The number of nitrogens with one attached hydrogen (secondary N) is 1. The van der Waals surface area contributed by atoms with Gasteiger partial charge in [0.25, 0.3) is 0 Å². The van der Waals surface area contributed by atoms with E-state index in [9.17, 15) is 4.79 Å². The fourth-order valence-corrected chi connectivity index (χ4v) is 2.30. The predicted octanol–water partition coefficient (Wildman–Crippen LogP) is 4.37. The van der Waals surface area contributed by atoms with Crippen molar-refractivity contribution in [3.8, 4) is 11.5 Å². The van der Waals surface area contributed by atoms with Crippen LogP contribution in [-0.2, 0) is 4.79 Å². The Balaban J connectivity index is 1.91. The van der Waals surface area contributed by atoms with Crippen molar-refractivity contribution in [2.75, 3.05) is 19.0 Å². The molecule has 0 aliphatic rings. The van der Waals surface area contributed by atoms with Crippen LogP contribution in [0.1, 0.15) is 17.5 Å². The zero-order chi connectivity index (χ0) is 16.8. The number of amides is 1. The highest BCUT2D eigenvalue weighted by Gasteiger charge is 2.09. The summed E-state index contributed by atoms with van der Waals surface area (Å²) in [5.74, 6) is 1.22. The molecule has 0 saturated carbocycles. The van der Waals surface area contributed by atoms with Crippen molar-refractivity contribution in [2.24, 2.45) is 0 Å². The van der Waals surface area contributed by atoms with E-state index in [1.165, 1.54) is 0 Å². The number of aryl methyl sites for hydroxylation is 1. The van der Waals surface area contributed by atoms with Crippen molar-refractivity contribution in [2.45, 2.75) is 20.3 Å². The molecule has 23 heavy (non-hydrogen) atoms. The van der Waals surface area contributed by atoms with Crippen molar-refractivity contribution in [3.63, 3.8) is 0 Å². The van der Waals surface area contributed by atoms with E-state index in [1.54, 1.807) is 25.3 Å². The lowest BCUT2D eigenvalue weighted by molar-refractivity contribution is -0.116. The molecule has 2 rings (SSSR count). The first-order chi connectivity index (χ1) is 11.0. The Morgan fingerprint density at radius 3 is 2.70 bits per heavy atom. The van der Waals surface area contributed by atoms with Gasteiger partial charge in [0.2, 0.25) is 5.91 Å². The predicted molar refractivity (Wildman–Crippen MR) is 92.7 cm³/mol. The van der Waals surface area contributed by atoms with Gasteiger partial charge < -0.3 is 14.8 Å². The van der Waals surface area contributed by atoms with Crippen molar-refractivity contribution in [1.29, 1.82) is 0 Å². The van der Waals surface area contributed by atoms with Crippen molar-refractivity contribution < 1.29 is 14.3 Å².